The average molecular weight is 455 g/mol. The molecule has 0 spiro atoms. The third kappa shape index (κ3) is 6.34. The molecular weight excluding hydrogens is 424 g/mol. The minimum absolute atomic E-state index is 0.280. The van der Waals surface area contributed by atoms with Gasteiger partial charge in [-0.15, -0.1) is 0 Å². The first-order valence-electron chi connectivity index (χ1n) is 9.49. The molecule has 166 valence electrons. The maximum atomic E-state index is 12.1. The van der Waals surface area contributed by atoms with Crippen molar-refractivity contribution in [1.29, 1.82) is 0 Å². The van der Waals surface area contributed by atoms with Crippen LogP contribution in [0, 0.1) is 0 Å². The topological polar surface area (TPSA) is 98.8 Å². The van der Waals surface area contributed by atoms with Gasteiger partial charge < -0.3 is 10.6 Å². The molecule has 8 nitrogen and oxygen atoms in total. The summed E-state index contributed by atoms with van der Waals surface area (Å²) in [5.74, 6) is 0. The van der Waals surface area contributed by atoms with Crippen molar-refractivity contribution >= 4 is 20.0 Å². The van der Waals surface area contributed by atoms with E-state index < -0.39 is 20.0 Å². The van der Waals surface area contributed by atoms with Crippen LogP contribution in [0.3, 0.4) is 0 Å². The van der Waals surface area contributed by atoms with Gasteiger partial charge in [-0.25, -0.2) is 25.4 Å². The van der Waals surface area contributed by atoms with Crippen LogP contribution in [0.2, 0.25) is 0 Å². The minimum Gasteiger partial charge on any atom is -0.311 e. The molecule has 0 bridgehead atoms. The predicted octanol–water partition coefficient (Wildman–Crippen LogP) is 1.07. The molecule has 2 N–H and O–H groups in total. The van der Waals surface area contributed by atoms with Crippen LogP contribution in [0.1, 0.15) is 11.1 Å². The van der Waals surface area contributed by atoms with Crippen LogP contribution in [-0.2, 0) is 33.1 Å². The first-order valence-corrected chi connectivity index (χ1v) is 12.4. The van der Waals surface area contributed by atoms with Crippen molar-refractivity contribution in [3.63, 3.8) is 0 Å². The Morgan fingerprint density at radius 3 is 1.17 bits per heavy atom. The van der Waals surface area contributed by atoms with Crippen LogP contribution in [0.5, 0.6) is 0 Å². The van der Waals surface area contributed by atoms with Crippen molar-refractivity contribution in [3.05, 3.63) is 59.7 Å². The van der Waals surface area contributed by atoms with E-state index in [9.17, 15) is 16.8 Å². The first kappa shape index (κ1) is 24.4. The highest BCUT2D eigenvalue weighted by Gasteiger charge is 2.17. The lowest BCUT2D eigenvalue weighted by atomic mass is 10.2. The Labute approximate surface area is 180 Å². The van der Waals surface area contributed by atoms with Gasteiger partial charge in [0.15, 0.2) is 0 Å². The van der Waals surface area contributed by atoms with Gasteiger partial charge >= 0.3 is 0 Å². The number of hydrogen-bond donors (Lipinski definition) is 2. The molecule has 0 aromatic heterocycles. The van der Waals surface area contributed by atoms with Crippen LogP contribution in [0.4, 0.5) is 0 Å². The van der Waals surface area contributed by atoms with Gasteiger partial charge in [-0.05, 0) is 35.4 Å². The second-order valence-corrected chi connectivity index (χ2v) is 11.5. The molecule has 10 heteroatoms. The van der Waals surface area contributed by atoms with Crippen molar-refractivity contribution in [2.75, 3.05) is 41.3 Å². The lowest BCUT2D eigenvalue weighted by Gasteiger charge is -2.12. The van der Waals surface area contributed by atoms with Gasteiger partial charge in [-0.2, -0.15) is 0 Å². The monoisotopic (exact) mass is 454 g/mol. The molecule has 0 atom stereocenters. The van der Waals surface area contributed by atoms with Gasteiger partial charge in [-0.1, -0.05) is 24.3 Å². The van der Waals surface area contributed by atoms with Crippen molar-refractivity contribution < 1.29 is 16.8 Å². The summed E-state index contributed by atoms with van der Waals surface area (Å²) in [5.41, 5.74) is 2.01. The molecule has 0 radical (unpaired) electrons. The van der Waals surface area contributed by atoms with E-state index in [1.807, 2.05) is 0 Å². The molecular formula is C20H30N4O4S2. The van der Waals surface area contributed by atoms with Crippen LogP contribution < -0.4 is 10.6 Å². The smallest absolute Gasteiger partial charge is 0.242 e. The molecule has 0 aliphatic heterocycles. The van der Waals surface area contributed by atoms with E-state index >= 15 is 0 Å². The second kappa shape index (κ2) is 10.5. The van der Waals surface area contributed by atoms with E-state index in [1.54, 1.807) is 48.5 Å². The van der Waals surface area contributed by atoms with E-state index in [2.05, 4.69) is 10.6 Å². The Morgan fingerprint density at radius 2 is 0.900 bits per heavy atom. The summed E-state index contributed by atoms with van der Waals surface area (Å²) in [7, 11) is -0.754. The molecule has 0 saturated carbocycles. The fraction of sp³-hybridized carbons (Fsp3) is 0.400. The molecule has 30 heavy (non-hydrogen) atoms. The van der Waals surface area contributed by atoms with Gasteiger partial charge in [0.1, 0.15) is 0 Å². The van der Waals surface area contributed by atoms with Crippen molar-refractivity contribution in [3.8, 4) is 0 Å². The first-order chi connectivity index (χ1) is 14.0. The van der Waals surface area contributed by atoms with Crippen LogP contribution >= 0.6 is 0 Å². The highest BCUT2D eigenvalue weighted by atomic mass is 32.2. The number of sulfonamides is 2. The summed E-state index contributed by atoms with van der Waals surface area (Å²) in [5, 5.41) is 6.61. The van der Waals surface area contributed by atoms with E-state index in [0.717, 1.165) is 24.2 Å². The summed E-state index contributed by atoms with van der Waals surface area (Å²) in [6.45, 7) is 2.76. The molecule has 0 fully saturated rings. The van der Waals surface area contributed by atoms with E-state index in [-0.39, 0.29) is 9.79 Å². The fourth-order valence-electron chi connectivity index (χ4n) is 2.62. The normalized spacial score (nSPS) is 12.6. The fourth-order valence-corrected chi connectivity index (χ4v) is 4.43. The van der Waals surface area contributed by atoms with Crippen LogP contribution in [0.15, 0.2) is 58.3 Å². The summed E-state index contributed by atoms with van der Waals surface area (Å²) >= 11 is 0. The Balaban J connectivity index is 1.72. The Morgan fingerprint density at radius 1 is 0.600 bits per heavy atom. The number of nitrogens with zero attached hydrogens (tertiary/aromatic N) is 2. The Bertz CT molecular complexity index is 932. The summed E-state index contributed by atoms with van der Waals surface area (Å²) in [4.78, 5) is 0.560. The van der Waals surface area contributed by atoms with E-state index in [1.165, 1.54) is 36.8 Å². The number of nitrogens with one attached hydrogen (secondary N) is 2. The van der Waals surface area contributed by atoms with E-state index in [0.29, 0.717) is 13.1 Å². The lowest BCUT2D eigenvalue weighted by molar-refractivity contribution is 0.519. The zero-order valence-electron chi connectivity index (χ0n) is 17.8. The molecule has 0 heterocycles. The number of rotatable bonds is 11. The highest BCUT2D eigenvalue weighted by molar-refractivity contribution is 7.89. The standard InChI is InChI=1S/C20H30N4O4S2/c1-23(2)29(25,26)19-9-5-17(6-10-19)15-21-13-14-22-16-18-7-11-20(12-8-18)30(27,28)24(3)4/h5-12,21-22H,13-16H2,1-4H3. The van der Waals surface area contributed by atoms with Gasteiger partial charge in [0.2, 0.25) is 20.0 Å². The summed E-state index contributed by atoms with van der Waals surface area (Å²) in [6.07, 6.45) is 0. The third-order valence-electron chi connectivity index (χ3n) is 4.54. The Kier molecular flexibility index (Phi) is 8.53. The Hall–Kier alpha value is -1.82. The molecule has 0 aliphatic rings. The van der Waals surface area contributed by atoms with Gasteiger partial charge in [0, 0.05) is 54.4 Å². The quantitative estimate of drug-likeness (QED) is 0.493. The molecule has 2 aromatic rings. The molecule has 0 aliphatic carbocycles. The van der Waals surface area contributed by atoms with Crippen molar-refractivity contribution in [1.82, 2.24) is 19.2 Å². The maximum Gasteiger partial charge on any atom is 0.242 e. The molecule has 2 aromatic carbocycles. The average Bonchev–Trinajstić information content (AvgIpc) is 2.71. The zero-order chi connectivity index (χ0) is 22.4. The maximum absolute atomic E-state index is 12.1. The molecule has 2 rings (SSSR count). The van der Waals surface area contributed by atoms with Crippen LogP contribution in [0.25, 0.3) is 0 Å². The predicted molar refractivity (Wildman–Crippen MR) is 118 cm³/mol. The molecule has 0 saturated heterocycles. The summed E-state index contributed by atoms with van der Waals surface area (Å²) in [6, 6.07) is 13.7. The molecule has 0 unspecified atom stereocenters. The molecule has 0 amide bonds. The van der Waals surface area contributed by atoms with Crippen molar-refractivity contribution in [2.45, 2.75) is 22.9 Å². The second-order valence-electron chi connectivity index (χ2n) is 7.22. The summed E-state index contributed by atoms with van der Waals surface area (Å²) < 4.78 is 50.6. The van der Waals surface area contributed by atoms with Crippen molar-refractivity contribution in [2.24, 2.45) is 0 Å². The lowest BCUT2D eigenvalue weighted by Crippen LogP contribution is -2.27. The SMILES string of the molecule is CN(C)S(=O)(=O)c1ccc(CNCCNCc2ccc(S(=O)(=O)N(C)C)cc2)cc1. The zero-order valence-corrected chi connectivity index (χ0v) is 19.4. The number of benzene rings is 2. The van der Waals surface area contributed by atoms with Gasteiger partial charge in [-0.3, -0.25) is 0 Å². The highest BCUT2D eigenvalue weighted by Crippen LogP contribution is 2.15. The minimum atomic E-state index is -3.40. The van der Waals surface area contributed by atoms with Gasteiger partial charge in [0.05, 0.1) is 9.79 Å². The third-order valence-corrected chi connectivity index (χ3v) is 8.20. The van der Waals surface area contributed by atoms with Gasteiger partial charge in [0.25, 0.3) is 0 Å². The number of hydrogen-bond acceptors (Lipinski definition) is 6. The largest absolute Gasteiger partial charge is 0.311 e. The van der Waals surface area contributed by atoms with Crippen LogP contribution in [-0.4, -0.2) is 66.7 Å². The van der Waals surface area contributed by atoms with E-state index in [4.69, 9.17) is 0 Å².